The van der Waals surface area contributed by atoms with Crippen molar-refractivity contribution < 1.29 is 9.53 Å². The summed E-state index contributed by atoms with van der Waals surface area (Å²) in [5.41, 5.74) is 2.33. The van der Waals surface area contributed by atoms with Crippen LogP contribution in [-0.4, -0.2) is 26.2 Å². The molecule has 0 heterocycles. The minimum Gasteiger partial charge on any atom is -0.465 e. The molecule has 0 bridgehead atoms. The van der Waals surface area contributed by atoms with Gasteiger partial charge in [0.15, 0.2) is 0 Å². The number of likely N-dealkylation sites (N-methyl/N-ethyl adjacent to an activating group) is 1. The van der Waals surface area contributed by atoms with Gasteiger partial charge in [-0.1, -0.05) is 6.07 Å². The van der Waals surface area contributed by atoms with E-state index in [-0.39, 0.29) is 12.5 Å². The van der Waals surface area contributed by atoms with E-state index >= 15 is 0 Å². The van der Waals surface area contributed by atoms with E-state index in [1.165, 1.54) is 0 Å². The summed E-state index contributed by atoms with van der Waals surface area (Å²) >= 11 is 0. The van der Waals surface area contributed by atoms with Gasteiger partial charge in [-0.15, -0.1) is 0 Å². The van der Waals surface area contributed by atoms with Crippen LogP contribution < -0.4 is 4.90 Å². The summed E-state index contributed by atoms with van der Waals surface area (Å²) in [5, 5.41) is 9.04. The molecule has 0 aromatic heterocycles. The summed E-state index contributed by atoms with van der Waals surface area (Å²) in [4.78, 5) is 13.1. The van der Waals surface area contributed by atoms with Crippen molar-refractivity contribution in [3.05, 3.63) is 29.3 Å². The third-order valence-corrected chi connectivity index (χ3v) is 2.36. The summed E-state index contributed by atoms with van der Waals surface area (Å²) in [6.45, 7) is 4.21. The summed E-state index contributed by atoms with van der Waals surface area (Å²) < 4.78 is 4.87. The molecule has 0 N–H and O–H groups in total. The summed E-state index contributed by atoms with van der Waals surface area (Å²) in [7, 11) is 1.77. The summed E-state index contributed by atoms with van der Waals surface area (Å²) in [6.07, 6.45) is 0. The molecule has 0 amide bonds. The molecule has 0 aliphatic rings. The predicted molar refractivity (Wildman–Crippen MR) is 65.8 cm³/mol. The van der Waals surface area contributed by atoms with Gasteiger partial charge in [0.1, 0.15) is 12.6 Å². The lowest BCUT2D eigenvalue weighted by atomic mass is 10.1. The minimum atomic E-state index is -0.292. The van der Waals surface area contributed by atoms with Gasteiger partial charge in [0, 0.05) is 7.05 Å². The highest BCUT2D eigenvalue weighted by molar-refractivity contribution is 5.76. The number of hydrogen-bond donors (Lipinski definition) is 0. The average molecular weight is 232 g/mol. The van der Waals surface area contributed by atoms with E-state index in [0.717, 1.165) is 11.3 Å². The van der Waals surface area contributed by atoms with Crippen molar-refractivity contribution in [2.45, 2.75) is 13.8 Å². The van der Waals surface area contributed by atoms with Crippen LogP contribution in [0.1, 0.15) is 18.1 Å². The van der Waals surface area contributed by atoms with Crippen molar-refractivity contribution in [3.8, 4) is 6.07 Å². The Labute approximate surface area is 101 Å². The summed E-state index contributed by atoms with van der Waals surface area (Å²) in [5.74, 6) is -0.292. The van der Waals surface area contributed by atoms with Crippen molar-refractivity contribution in [2.75, 3.05) is 25.1 Å². The van der Waals surface area contributed by atoms with Crippen LogP contribution in [0.3, 0.4) is 0 Å². The van der Waals surface area contributed by atoms with Crippen LogP contribution in [0, 0.1) is 18.3 Å². The lowest BCUT2D eigenvalue weighted by Crippen LogP contribution is -2.27. The molecule has 90 valence electrons. The molecule has 0 radical (unpaired) electrons. The SMILES string of the molecule is CCOC(=O)CN(C)c1ccc(C)cc1C#N. The van der Waals surface area contributed by atoms with Gasteiger partial charge in [0.2, 0.25) is 0 Å². The number of benzene rings is 1. The minimum absolute atomic E-state index is 0.144. The molecule has 1 rings (SSSR count). The molecule has 1 aromatic rings. The van der Waals surface area contributed by atoms with Gasteiger partial charge in [0.05, 0.1) is 17.9 Å². The van der Waals surface area contributed by atoms with Crippen LogP contribution in [-0.2, 0) is 9.53 Å². The van der Waals surface area contributed by atoms with E-state index in [1.807, 2.05) is 19.1 Å². The average Bonchev–Trinajstić information content (AvgIpc) is 2.28. The fourth-order valence-electron chi connectivity index (χ4n) is 1.56. The van der Waals surface area contributed by atoms with E-state index < -0.39 is 0 Å². The van der Waals surface area contributed by atoms with E-state index in [2.05, 4.69) is 6.07 Å². The van der Waals surface area contributed by atoms with Gasteiger partial charge in [0.25, 0.3) is 0 Å². The number of hydrogen-bond acceptors (Lipinski definition) is 4. The Balaban J connectivity index is 2.86. The second kappa shape index (κ2) is 5.90. The van der Waals surface area contributed by atoms with Crippen molar-refractivity contribution in [1.29, 1.82) is 5.26 Å². The first-order valence-electron chi connectivity index (χ1n) is 5.46. The fourth-order valence-corrected chi connectivity index (χ4v) is 1.56. The van der Waals surface area contributed by atoms with Gasteiger partial charge in [-0.2, -0.15) is 5.26 Å². The highest BCUT2D eigenvalue weighted by Crippen LogP contribution is 2.19. The van der Waals surface area contributed by atoms with E-state index in [0.29, 0.717) is 12.2 Å². The van der Waals surface area contributed by atoms with Gasteiger partial charge in [-0.3, -0.25) is 4.79 Å². The molecule has 0 atom stereocenters. The number of carbonyl (C=O) groups is 1. The number of esters is 1. The molecule has 0 aliphatic heterocycles. The van der Waals surface area contributed by atoms with Crippen LogP contribution in [0.25, 0.3) is 0 Å². The molecule has 0 unspecified atom stereocenters. The standard InChI is InChI=1S/C13H16N2O2/c1-4-17-13(16)9-15(3)12-6-5-10(2)7-11(12)8-14/h5-7H,4,9H2,1-3H3. The third-order valence-electron chi connectivity index (χ3n) is 2.36. The smallest absolute Gasteiger partial charge is 0.325 e. The number of aryl methyl sites for hydroxylation is 1. The van der Waals surface area contributed by atoms with E-state index in [1.54, 1.807) is 24.9 Å². The van der Waals surface area contributed by atoms with Crippen LogP contribution in [0.4, 0.5) is 5.69 Å². The highest BCUT2D eigenvalue weighted by atomic mass is 16.5. The molecular formula is C13H16N2O2. The van der Waals surface area contributed by atoms with Gasteiger partial charge in [-0.05, 0) is 31.5 Å². The van der Waals surface area contributed by atoms with Crippen molar-refractivity contribution in [1.82, 2.24) is 0 Å². The van der Waals surface area contributed by atoms with Gasteiger partial charge in [-0.25, -0.2) is 0 Å². The second-order valence-electron chi connectivity index (χ2n) is 3.79. The van der Waals surface area contributed by atoms with E-state index in [9.17, 15) is 4.79 Å². The molecule has 4 heteroatoms. The van der Waals surface area contributed by atoms with Crippen LogP contribution in [0.2, 0.25) is 0 Å². The maximum Gasteiger partial charge on any atom is 0.325 e. The molecule has 0 saturated heterocycles. The van der Waals surface area contributed by atoms with Crippen LogP contribution in [0.5, 0.6) is 0 Å². The first-order chi connectivity index (χ1) is 8.08. The number of rotatable bonds is 4. The van der Waals surface area contributed by atoms with E-state index in [4.69, 9.17) is 10.00 Å². The molecule has 4 nitrogen and oxygen atoms in total. The molecule has 17 heavy (non-hydrogen) atoms. The lowest BCUT2D eigenvalue weighted by molar-refractivity contribution is -0.141. The quantitative estimate of drug-likeness (QED) is 0.744. The maximum atomic E-state index is 11.3. The Hall–Kier alpha value is -2.02. The zero-order valence-electron chi connectivity index (χ0n) is 10.4. The number of nitriles is 1. The Morgan fingerprint density at radius 2 is 2.24 bits per heavy atom. The third kappa shape index (κ3) is 3.49. The zero-order chi connectivity index (χ0) is 12.8. The maximum absolute atomic E-state index is 11.3. The fraction of sp³-hybridized carbons (Fsp3) is 0.385. The molecule has 0 aliphatic carbocycles. The first-order valence-corrected chi connectivity index (χ1v) is 5.46. The van der Waals surface area contributed by atoms with Crippen molar-refractivity contribution in [3.63, 3.8) is 0 Å². The Morgan fingerprint density at radius 1 is 1.53 bits per heavy atom. The Kier molecular flexibility index (Phi) is 4.53. The Morgan fingerprint density at radius 3 is 2.82 bits per heavy atom. The van der Waals surface area contributed by atoms with Crippen LogP contribution >= 0.6 is 0 Å². The van der Waals surface area contributed by atoms with Gasteiger partial charge >= 0.3 is 5.97 Å². The first kappa shape index (κ1) is 13.0. The largest absolute Gasteiger partial charge is 0.465 e. The molecule has 0 spiro atoms. The van der Waals surface area contributed by atoms with Crippen LogP contribution in [0.15, 0.2) is 18.2 Å². The zero-order valence-corrected chi connectivity index (χ0v) is 10.4. The molecular weight excluding hydrogens is 216 g/mol. The molecule has 0 fully saturated rings. The van der Waals surface area contributed by atoms with Crippen molar-refractivity contribution >= 4 is 11.7 Å². The Bertz CT molecular complexity index is 449. The second-order valence-corrected chi connectivity index (χ2v) is 3.79. The predicted octanol–water partition coefficient (Wildman–Crippen LogP) is 1.87. The molecule has 0 saturated carbocycles. The number of carbonyl (C=O) groups excluding carboxylic acids is 1. The summed E-state index contributed by atoms with van der Waals surface area (Å²) in [6, 6.07) is 7.69. The topological polar surface area (TPSA) is 53.3 Å². The monoisotopic (exact) mass is 232 g/mol. The normalized spacial score (nSPS) is 9.53. The highest BCUT2D eigenvalue weighted by Gasteiger charge is 2.11. The van der Waals surface area contributed by atoms with Gasteiger partial charge < -0.3 is 9.64 Å². The molecule has 1 aromatic carbocycles. The van der Waals surface area contributed by atoms with Crippen molar-refractivity contribution in [2.24, 2.45) is 0 Å². The number of nitrogens with zero attached hydrogens (tertiary/aromatic N) is 2. The number of ether oxygens (including phenoxy) is 1. The lowest BCUT2D eigenvalue weighted by Gasteiger charge is -2.19. The number of anilines is 1.